The van der Waals surface area contributed by atoms with Gasteiger partial charge in [0.05, 0.1) is 62.1 Å². The van der Waals surface area contributed by atoms with Crippen LogP contribution in [0.15, 0.2) is 79.1 Å². The Morgan fingerprint density at radius 1 is 0.797 bits per heavy atom. The molecule has 79 heavy (non-hydrogen) atoms. The Kier molecular flexibility index (Phi) is 18.7. The summed E-state index contributed by atoms with van der Waals surface area (Å²) in [7, 11) is 1.71. The number of aliphatic hydroxyl groups is 1. The molecule has 17 nitrogen and oxygen atoms in total. The van der Waals surface area contributed by atoms with Crippen molar-refractivity contribution in [2.45, 2.75) is 108 Å². The Hall–Kier alpha value is -6.78. The monoisotopic (exact) mass is 1130 g/mol. The molecule has 426 valence electrons. The predicted molar refractivity (Wildman–Crippen MR) is 275 cm³/mol. The van der Waals surface area contributed by atoms with Crippen molar-refractivity contribution in [2.24, 2.45) is 10.8 Å². The lowest BCUT2D eigenvalue weighted by Crippen LogP contribution is -2.63. The normalized spacial score (nSPS) is 18.5. The van der Waals surface area contributed by atoms with E-state index in [4.69, 9.17) is 21.3 Å². The molecule has 0 spiro atoms. The Morgan fingerprint density at radius 3 is 1.89 bits per heavy atom. The fourth-order valence-corrected chi connectivity index (χ4v) is 9.88. The van der Waals surface area contributed by atoms with Crippen LogP contribution >= 0.6 is 11.6 Å². The van der Waals surface area contributed by atoms with Crippen LogP contribution < -0.4 is 26.3 Å². The molecular formula is C54H61ClF7N9O8. The zero-order valence-corrected chi connectivity index (χ0v) is 44.7. The molecule has 2 unspecified atom stereocenters. The largest absolute Gasteiger partial charge is 0.453 e. The fourth-order valence-electron chi connectivity index (χ4n) is 9.61. The van der Waals surface area contributed by atoms with Gasteiger partial charge in [-0.25, -0.2) is 24.0 Å². The molecule has 3 aliphatic heterocycles. The minimum absolute atomic E-state index is 0.214. The van der Waals surface area contributed by atoms with Gasteiger partial charge in [0.15, 0.2) is 0 Å². The first-order chi connectivity index (χ1) is 37.2. The van der Waals surface area contributed by atoms with E-state index in [2.05, 4.69) is 46.8 Å². The molecule has 3 saturated heterocycles. The van der Waals surface area contributed by atoms with E-state index in [0.29, 0.717) is 68.2 Å². The molecular weight excluding hydrogens is 1070 g/mol. The number of carbonyl (C=O) groups excluding carboxylic acids is 4. The van der Waals surface area contributed by atoms with Crippen LogP contribution in [0.25, 0.3) is 11.3 Å². The van der Waals surface area contributed by atoms with Gasteiger partial charge in [0.25, 0.3) is 5.91 Å². The van der Waals surface area contributed by atoms with Crippen LogP contribution in [0.3, 0.4) is 0 Å². The number of halogens is 8. The molecule has 6 atom stereocenters. The van der Waals surface area contributed by atoms with E-state index in [1.807, 2.05) is 22.8 Å². The van der Waals surface area contributed by atoms with Crippen LogP contribution in [0, 0.1) is 28.5 Å². The van der Waals surface area contributed by atoms with Gasteiger partial charge < -0.3 is 40.2 Å². The number of aromatic nitrogens is 2. The number of aliphatic hydroxyl groups excluding tert-OH is 1. The van der Waals surface area contributed by atoms with E-state index in [0.717, 1.165) is 70.3 Å². The lowest BCUT2D eigenvalue weighted by atomic mass is 9.82. The highest BCUT2D eigenvalue weighted by molar-refractivity contribution is 6.31. The van der Waals surface area contributed by atoms with E-state index < -0.39 is 90.3 Å². The molecule has 25 heteroatoms. The van der Waals surface area contributed by atoms with Crippen LogP contribution in [0.1, 0.15) is 62.8 Å². The first-order valence-electron chi connectivity index (χ1n) is 25.1. The van der Waals surface area contributed by atoms with E-state index >= 15 is 4.39 Å². The van der Waals surface area contributed by atoms with Crippen LogP contribution in [0.4, 0.5) is 46.1 Å². The number of nitrogens with one attached hydrogen (secondary N) is 4. The lowest BCUT2D eigenvalue weighted by Gasteiger charge is -2.47. The maximum absolute atomic E-state index is 16.2. The van der Waals surface area contributed by atoms with E-state index in [1.165, 1.54) is 12.3 Å². The highest BCUT2D eigenvalue weighted by Gasteiger charge is 2.57. The topological polar surface area (TPSA) is 200 Å². The summed E-state index contributed by atoms with van der Waals surface area (Å²) < 4.78 is 118. The highest BCUT2D eigenvalue weighted by atomic mass is 35.5. The Morgan fingerprint density at radius 2 is 1.38 bits per heavy atom. The number of alkyl halides is 6. The number of hydrogen-bond acceptors (Lipinski definition) is 13. The van der Waals surface area contributed by atoms with Crippen molar-refractivity contribution < 1.29 is 69.2 Å². The zero-order valence-electron chi connectivity index (χ0n) is 44.0. The van der Waals surface area contributed by atoms with Crippen LogP contribution in [-0.4, -0.2) is 151 Å². The Bertz CT molecular complexity index is 2830. The molecule has 3 aliphatic rings. The summed E-state index contributed by atoms with van der Waals surface area (Å²) in [5, 5.41) is 18.8. The van der Waals surface area contributed by atoms with Gasteiger partial charge in [-0.05, 0) is 101 Å². The minimum Gasteiger partial charge on any atom is -0.453 e. The number of rotatable bonds is 18. The van der Waals surface area contributed by atoms with Gasteiger partial charge in [0.1, 0.15) is 23.7 Å². The third-order valence-electron chi connectivity index (χ3n) is 14.7. The first kappa shape index (κ1) is 59.9. The standard InChI is InChI=1S/C54H61ClF7N9O8/c1-51(2,53(57,58)59)45(66-49(75)77-5)47(73)65-42(21-32-13-10-31(11-14-32)12-15-33-16-19-44(64-24-33)69-25-35-17-18-36(26-69)71(35)37-29-79-30-37)43(72)28-70(68-48(74)46(67-50(76)78-6)52(3,4)54(60,61)62)27-38-39(55)22-34(23-40(38)56)41-9-7-8-20-63-41/h7-11,13-14,16,19-20,22-24,35-37,42-43,45-46,72H,17-18,21,25-30H2,1-6H3,(H,65,73)(H,66,75)(H,67,76)(H,68,74)/t35?,36?,42-,43-,45+,46+/m0/s1. The van der Waals surface area contributed by atoms with E-state index in [1.54, 1.807) is 48.7 Å². The van der Waals surface area contributed by atoms with Gasteiger partial charge in [-0.3, -0.25) is 24.9 Å². The summed E-state index contributed by atoms with van der Waals surface area (Å²) in [6.07, 6.45) is -10.1. The van der Waals surface area contributed by atoms with Crippen LogP contribution in [0.2, 0.25) is 5.02 Å². The number of methoxy groups -OCH3 is 2. The SMILES string of the molecule is COC(=O)N[C@H](C(=O)N[C@@H](Cc1ccc(C#Cc2ccc(N3CC4CCC(C3)N4C3COC3)nc2)cc1)[C@@H](O)CN(Cc1c(F)cc(-c2ccccn2)cc1Cl)NC(=O)[C@@H](NC(=O)OC)C(C)(C)C(F)(F)F)C(C)(C)C(F)(F)F. The molecule has 2 aromatic carbocycles. The second-order valence-corrected chi connectivity index (χ2v) is 21.1. The van der Waals surface area contributed by atoms with Gasteiger partial charge in [0, 0.05) is 77.9 Å². The summed E-state index contributed by atoms with van der Waals surface area (Å²) in [5.74, 6) is 2.99. The number of alkyl carbamates (subject to hydrolysis) is 2. The molecule has 5 N–H and O–H groups in total. The number of pyridine rings is 2. The number of amides is 4. The molecule has 7 rings (SSSR count). The number of benzene rings is 2. The summed E-state index contributed by atoms with van der Waals surface area (Å²) in [5.41, 5.74) is -2.12. The van der Waals surface area contributed by atoms with Crippen LogP contribution in [0.5, 0.6) is 0 Å². The van der Waals surface area contributed by atoms with Crippen molar-refractivity contribution in [1.82, 2.24) is 41.3 Å². The third-order valence-corrected chi connectivity index (χ3v) is 15.0. The number of nitrogens with zero attached hydrogens (tertiary/aromatic N) is 5. The third kappa shape index (κ3) is 14.2. The molecule has 4 amide bonds. The summed E-state index contributed by atoms with van der Waals surface area (Å²) in [6, 6.07) is 12.2. The number of carbonyl (C=O) groups is 4. The number of hydrogen-bond donors (Lipinski definition) is 5. The number of anilines is 1. The molecule has 0 aliphatic carbocycles. The minimum atomic E-state index is -5.14. The zero-order chi connectivity index (χ0) is 57.6. The van der Waals surface area contributed by atoms with Gasteiger partial charge in [-0.1, -0.05) is 41.6 Å². The second kappa shape index (κ2) is 24.7. The first-order valence-corrected chi connectivity index (χ1v) is 25.5. The number of fused-ring (bicyclic) bond motifs is 2. The molecule has 5 heterocycles. The Labute approximate surface area is 456 Å². The molecule has 0 saturated carbocycles. The van der Waals surface area contributed by atoms with E-state index in [-0.39, 0.29) is 22.6 Å². The molecule has 3 fully saturated rings. The predicted octanol–water partition coefficient (Wildman–Crippen LogP) is 6.94. The van der Waals surface area contributed by atoms with Crippen LogP contribution in [-0.2, 0) is 36.8 Å². The number of hydrazine groups is 1. The lowest BCUT2D eigenvalue weighted by molar-refractivity contribution is -0.221. The van der Waals surface area contributed by atoms with Gasteiger partial charge in [-0.15, -0.1) is 0 Å². The fraction of sp³-hybridized carbons (Fsp3) is 0.481. The average molecular weight is 1130 g/mol. The van der Waals surface area contributed by atoms with Gasteiger partial charge >= 0.3 is 24.5 Å². The van der Waals surface area contributed by atoms with Crippen molar-refractivity contribution in [1.29, 1.82) is 0 Å². The number of ether oxygens (including phenoxy) is 3. The molecule has 2 aromatic heterocycles. The summed E-state index contributed by atoms with van der Waals surface area (Å²) >= 11 is 6.62. The average Bonchev–Trinajstić information content (AvgIpc) is 3.78. The van der Waals surface area contributed by atoms with Gasteiger partial charge in [-0.2, -0.15) is 26.3 Å². The van der Waals surface area contributed by atoms with Crippen molar-refractivity contribution in [3.05, 3.63) is 112 Å². The van der Waals surface area contributed by atoms with Crippen molar-refractivity contribution >= 4 is 41.4 Å². The maximum atomic E-state index is 16.2. The number of piperazine rings is 1. The Balaban J connectivity index is 1.17. The van der Waals surface area contributed by atoms with Crippen molar-refractivity contribution in [3.8, 4) is 23.1 Å². The summed E-state index contributed by atoms with van der Waals surface area (Å²) in [6.45, 7) is 4.08. The molecule has 2 bridgehead atoms. The molecule has 4 aromatic rings. The second-order valence-electron chi connectivity index (χ2n) is 20.7. The highest BCUT2D eigenvalue weighted by Crippen LogP contribution is 2.42. The smallest absolute Gasteiger partial charge is 0.407 e. The van der Waals surface area contributed by atoms with Gasteiger partial charge in [0.2, 0.25) is 5.91 Å². The van der Waals surface area contributed by atoms with Crippen molar-refractivity contribution in [2.75, 3.05) is 52.0 Å². The molecule has 0 radical (unpaired) electrons. The van der Waals surface area contributed by atoms with Crippen molar-refractivity contribution in [3.63, 3.8) is 0 Å². The summed E-state index contributed by atoms with van der Waals surface area (Å²) in [4.78, 5) is 66.8. The quantitative estimate of drug-likeness (QED) is 0.0391. The van der Waals surface area contributed by atoms with E-state index in [9.17, 15) is 50.6 Å². The maximum Gasteiger partial charge on any atom is 0.407 e.